The lowest BCUT2D eigenvalue weighted by molar-refractivity contribution is 0.0978. The van der Waals surface area contributed by atoms with Gasteiger partial charge in [-0.25, -0.2) is 0 Å². The highest BCUT2D eigenvalue weighted by Gasteiger charge is 2.32. The summed E-state index contributed by atoms with van der Waals surface area (Å²) in [6, 6.07) is 7.54. The molecule has 0 aliphatic heterocycles. The minimum atomic E-state index is -0.376. The number of carbonyl (C=O) groups is 1. The van der Waals surface area contributed by atoms with Gasteiger partial charge in [0.25, 0.3) is 5.91 Å². The molecule has 1 heterocycles. The van der Waals surface area contributed by atoms with Crippen molar-refractivity contribution in [3.05, 3.63) is 48.4 Å². The second kappa shape index (κ2) is 8.88. The number of halogens is 2. The number of nitrogens with one attached hydrogen (secondary N) is 2. The van der Waals surface area contributed by atoms with Crippen molar-refractivity contribution in [2.45, 2.75) is 40.0 Å². The lowest BCUT2D eigenvalue weighted by atomic mass is 9.72. The minimum Gasteiger partial charge on any atom is -0.323 e. The number of thiocarbonyl (C=S) groups is 1. The van der Waals surface area contributed by atoms with Crippen LogP contribution in [-0.2, 0) is 12.8 Å². The molecular formula is C21H21ClIN3OS2. The Morgan fingerprint density at radius 3 is 2.79 bits per heavy atom. The van der Waals surface area contributed by atoms with E-state index in [1.54, 1.807) is 23.5 Å². The lowest BCUT2D eigenvalue weighted by Gasteiger charge is -2.33. The van der Waals surface area contributed by atoms with Crippen LogP contribution < -0.4 is 10.6 Å². The first kappa shape index (κ1) is 22.5. The summed E-state index contributed by atoms with van der Waals surface area (Å²) < 4.78 is 0.905. The summed E-state index contributed by atoms with van der Waals surface area (Å²) in [4.78, 5) is 13.8. The van der Waals surface area contributed by atoms with E-state index in [1.807, 2.05) is 6.07 Å². The molecule has 1 amide bonds. The van der Waals surface area contributed by atoms with E-state index in [1.165, 1.54) is 4.88 Å². The number of hydrogen-bond donors (Lipinski definition) is 2. The second-order valence-electron chi connectivity index (χ2n) is 8.16. The smallest absolute Gasteiger partial charge is 0.258 e. The normalized spacial score (nSPS) is 15.9. The molecule has 3 rings (SSSR count). The Balaban J connectivity index is 1.76. The number of fused-ring (bicyclic) bond motifs is 1. The maximum absolute atomic E-state index is 12.5. The minimum absolute atomic E-state index is 0.160. The number of carbonyl (C=O) groups excluding carboxylic acids is 1. The molecule has 1 aliphatic rings. The summed E-state index contributed by atoms with van der Waals surface area (Å²) in [5, 5.41) is 16.6. The molecular weight excluding hydrogens is 537 g/mol. The third-order valence-electron chi connectivity index (χ3n) is 5.23. The molecule has 2 aromatic rings. The van der Waals surface area contributed by atoms with Crippen molar-refractivity contribution in [1.82, 2.24) is 5.32 Å². The Morgan fingerprint density at radius 2 is 2.14 bits per heavy atom. The van der Waals surface area contributed by atoms with E-state index in [4.69, 9.17) is 23.8 Å². The van der Waals surface area contributed by atoms with Crippen LogP contribution in [0.5, 0.6) is 0 Å². The van der Waals surface area contributed by atoms with Gasteiger partial charge >= 0.3 is 0 Å². The Kier molecular flexibility index (Phi) is 6.88. The molecule has 4 nitrogen and oxygen atoms in total. The van der Waals surface area contributed by atoms with Gasteiger partial charge in [-0.1, -0.05) is 32.4 Å². The van der Waals surface area contributed by atoms with Gasteiger partial charge in [-0.2, -0.15) is 5.26 Å². The van der Waals surface area contributed by atoms with Crippen LogP contribution in [0, 0.1) is 26.2 Å². The fraction of sp³-hybridized carbons (Fsp3) is 0.381. The molecule has 0 unspecified atom stereocenters. The summed E-state index contributed by atoms with van der Waals surface area (Å²) in [5.74, 6) is 0.209. The highest BCUT2D eigenvalue weighted by Crippen LogP contribution is 2.43. The zero-order valence-electron chi connectivity index (χ0n) is 16.4. The second-order valence-corrected chi connectivity index (χ2v) is 11.3. The van der Waals surface area contributed by atoms with Crippen molar-refractivity contribution in [2.24, 2.45) is 11.3 Å². The molecule has 0 fully saturated rings. The molecule has 1 atom stereocenters. The summed E-state index contributed by atoms with van der Waals surface area (Å²) >= 11 is 15.1. The number of hydrogen-bond acceptors (Lipinski definition) is 4. The maximum atomic E-state index is 12.5. The Hall–Kier alpha value is -1.21. The molecule has 2 N–H and O–H groups in total. The summed E-state index contributed by atoms with van der Waals surface area (Å²) in [6.45, 7) is 6.80. The van der Waals surface area contributed by atoms with Gasteiger partial charge in [0, 0.05) is 8.45 Å². The van der Waals surface area contributed by atoms with Crippen molar-refractivity contribution in [2.75, 3.05) is 5.32 Å². The van der Waals surface area contributed by atoms with Crippen LogP contribution in [0.15, 0.2) is 18.2 Å². The third-order valence-corrected chi connectivity index (χ3v) is 7.60. The molecule has 1 aromatic carbocycles. The molecule has 152 valence electrons. The van der Waals surface area contributed by atoms with Gasteiger partial charge < -0.3 is 5.32 Å². The monoisotopic (exact) mass is 557 g/mol. The fourth-order valence-electron chi connectivity index (χ4n) is 3.51. The predicted molar refractivity (Wildman–Crippen MR) is 132 cm³/mol. The molecule has 0 spiro atoms. The van der Waals surface area contributed by atoms with Crippen LogP contribution >= 0.6 is 57.7 Å². The number of anilines is 1. The number of amides is 1. The van der Waals surface area contributed by atoms with Crippen LogP contribution in [-0.4, -0.2) is 11.0 Å². The molecule has 1 aromatic heterocycles. The van der Waals surface area contributed by atoms with E-state index in [9.17, 15) is 10.1 Å². The summed E-state index contributed by atoms with van der Waals surface area (Å²) in [6.07, 6.45) is 2.94. The van der Waals surface area contributed by atoms with Crippen LogP contribution in [0.4, 0.5) is 5.00 Å². The molecule has 0 radical (unpaired) electrons. The zero-order chi connectivity index (χ0) is 21.3. The molecule has 29 heavy (non-hydrogen) atoms. The van der Waals surface area contributed by atoms with E-state index < -0.39 is 0 Å². The standard InChI is InChI=1S/C21H21ClIN3OS2/c1-21(2,3)11-4-6-13-15(10-24)19(29-17(13)8-11)26-20(28)25-18(27)14-9-12(23)5-7-16(14)22/h5,7,9,11H,4,6,8H2,1-3H3,(H2,25,26,27,28)/t11-/m0/s1. The SMILES string of the molecule is CC(C)(C)[C@H]1CCc2c(sc(NC(=S)NC(=O)c3cc(I)ccc3Cl)c2C#N)C1. The molecule has 0 saturated heterocycles. The van der Waals surface area contributed by atoms with Crippen LogP contribution in [0.25, 0.3) is 0 Å². The number of rotatable bonds is 2. The molecule has 8 heteroatoms. The predicted octanol–water partition coefficient (Wildman–Crippen LogP) is 6.16. The van der Waals surface area contributed by atoms with Crippen molar-refractivity contribution in [1.29, 1.82) is 5.26 Å². The quantitative estimate of drug-likeness (QED) is 0.343. The summed E-state index contributed by atoms with van der Waals surface area (Å²) in [5.41, 5.74) is 2.36. The van der Waals surface area contributed by atoms with Gasteiger partial charge in [0.2, 0.25) is 0 Å². The van der Waals surface area contributed by atoms with Crippen molar-refractivity contribution >= 4 is 73.8 Å². The average molecular weight is 558 g/mol. The topological polar surface area (TPSA) is 64.9 Å². The van der Waals surface area contributed by atoms with Crippen LogP contribution in [0.3, 0.4) is 0 Å². The first-order chi connectivity index (χ1) is 13.6. The van der Waals surface area contributed by atoms with Gasteiger partial charge in [-0.15, -0.1) is 11.3 Å². The fourth-order valence-corrected chi connectivity index (χ4v) is 5.74. The first-order valence-corrected chi connectivity index (χ1v) is 11.9. The van der Waals surface area contributed by atoms with E-state index in [-0.39, 0.29) is 16.4 Å². The van der Waals surface area contributed by atoms with Crippen molar-refractivity contribution < 1.29 is 4.79 Å². The largest absolute Gasteiger partial charge is 0.323 e. The Labute approximate surface area is 199 Å². The van der Waals surface area contributed by atoms with Crippen molar-refractivity contribution in [3.8, 4) is 6.07 Å². The number of thiophene rings is 1. The number of nitriles is 1. The highest BCUT2D eigenvalue weighted by molar-refractivity contribution is 14.1. The third kappa shape index (κ3) is 5.10. The van der Waals surface area contributed by atoms with Gasteiger partial charge in [-0.3, -0.25) is 10.1 Å². The average Bonchev–Trinajstić information content (AvgIpc) is 2.98. The highest BCUT2D eigenvalue weighted by atomic mass is 127. The number of benzene rings is 1. The van der Waals surface area contributed by atoms with Gasteiger partial charge in [0.05, 0.1) is 16.1 Å². The zero-order valence-corrected chi connectivity index (χ0v) is 20.9. The van der Waals surface area contributed by atoms with Crippen molar-refractivity contribution in [3.63, 3.8) is 0 Å². The summed E-state index contributed by atoms with van der Waals surface area (Å²) in [7, 11) is 0. The van der Waals surface area contributed by atoms with Gasteiger partial charge in [0.1, 0.15) is 11.1 Å². The van der Waals surface area contributed by atoms with Gasteiger partial charge in [0.15, 0.2) is 5.11 Å². The number of nitrogens with zero attached hydrogens (tertiary/aromatic N) is 1. The lowest BCUT2D eigenvalue weighted by Crippen LogP contribution is -2.34. The van der Waals surface area contributed by atoms with E-state index in [0.29, 0.717) is 27.1 Å². The Bertz CT molecular complexity index is 1020. The van der Waals surface area contributed by atoms with E-state index in [0.717, 1.165) is 28.4 Å². The van der Waals surface area contributed by atoms with E-state index in [2.05, 4.69) is 60.1 Å². The van der Waals surface area contributed by atoms with Crippen LogP contribution in [0.2, 0.25) is 5.02 Å². The Morgan fingerprint density at radius 1 is 1.41 bits per heavy atom. The maximum Gasteiger partial charge on any atom is 0.258 e. The molecule has 1 aliphatic carbocycles. The van der Waals surface area contributed by atoms with Gasteiger partial charge in [-0.05, 0) is 89.2 Å². The first-order valence-electron chi connectivity index (χ1n) is 9.22. The molecule has 0 bridgehead atoms. The molecule has 0 saturated carbocycles. The van der Waals surface area contributed by atoms with Crippen LogP contribution in [0.1, 0.15) is 53.6 Å². The van der Waals surface area contributed by atoms with E-state index >= 15 is 0 Å².